The Balaban J connectivity index is 2.80. The number of hydrogen-bond donors (Lipinski definition) is 1. The molecular weight excluding hydrogens is 273 g/mol. The van der Waals surface area contributed by atoms with Crippen molar-refractivity contribution in [3.05, 3.63) is 33.8 Å². The average Bonchev–Trinajstić information content (AvgIpc) is 2.34. The van der Waals surface area contributed by atoms with E-state index in [9.17, 15) is 4.79 Å². The Kier molecular flexibility index (Phi) is 5.93. The number of carbonyl (C=O) groups excluding carboxylic acids is 1. The Morgan fingerprint density at radius 2 is 2.11 bits per heavy atom. The molecule has 0 aromatic heterocycles. The molecule has 1 rings (SSSR count). The SMILES string of the molecule is CCC(NC(C)c1ccc(Cl)cc1Cl)C(=O)OC. The molecule has 0 heterocycles. The largest absolute Gasteiger partial charge is 0.468 e. The standard InChI is InChI=1S/C13H17Cl2NO2/c1-4-12(13(17)18-3)16-8(2)10-6-5-9(14)7-11(10)15/h5-8,12,16H,4H2,1-3H3. The summed E-state index contributed by atoms with van der Waals surface area (Å²) in [6.07, 6.45) is 0.655. The molecule has 0 saturated carbocycles. The van der Waals surface area contributed by atoms with E-state index >= 15 is 0 Å². The highest BCUT2D eigenvalue weighted by Gasteiger charge is 2.20. The molecule has 0 aliphatic heterocycles. The van der Waals surface area contributed by atoms with Crippen molar-refractivity contribution in [1.29, 1.82) is 0 Å². The minimum absolute atomic E-state index is 0.0567. The van der Waals surface area contributed by atoms with Crippen LogP contribution in [0.15, 0.2) is 18.2 Å². The monoisotopic (exact) mass is 289 g/mol. The lowest BCUT2D eigenvalue weighted by Gasteiger charge is -2.21. The first kappa shape index (κ1) is 15.3. The zero-order valence-electron chi connectivity index (χ0n) is 10.7. The summed E-state index contributed by atoms with van der Waals surface area (Å²) in [5.41, 5.74) is 0.906. The maximum absolute atomic E-state index is 11.5. The molecule has 100 valence electrons. The fourth-order valence-electron chi connectivity index (χ4n) is 1.74. The van der Waals surface area contributed by atoms with Crippen molar-refractivity contribution in [1.82, 2.24) is 5.32 Å². The van der Waals surface area contributed by atoms with Crippen molar-refractivity contribution >= 4 is 29.2 Å². The van der Waals surface area contributed by atoms with Gasteiger partial charge in [0.15, 0.2) is 0 Å². The second kappa shape index (κ2) is 6.98. The van der Waals surface area contributed by atoms with Crippen molar-refractivity contribution < 1.29 is 9.53 Å². The third-order valence-electron chi connectivity index (χ3n) is 2.77. The molecule has 0 amide bonds. The Hall–Kier alpha value is -0.770. The van der Waals surface area contributed by atoms with Crippen molar-refractivity contribution in [3.8, 4) is 0 Å². The van der Waals surface area contributed by atoms with Crippen molar-refractivity contribution in [2.24, 2.45) is 0 Å². The Labute approximate surface area is 117 Å². The zero-order valence-corrected chi connectivity index (χ0v) is 12.2. The zero-order chi connectivity index (χ0) is 13.7. The minimum atomic E-state index is -0.336. The molecule has 3 nitrogen and oxygen atoms in total. The van der Waals surface area contributed by atoms with Crippen molar-refractivity contribution in [2.75, 3.05) is 7.11 Å². The van der Waals surface area contributed by atoms with Crippen LogP contribution in [-0.4, -0.2) is 19.1 Å². The first-order chi connectivity index (χ1) is 8.49. The van der Waals surface area contributed by atoms with Crippen LogP contribution in [0.5, 0.6) is 0 Å². The van der Waals surface area contributed by atoms with Gasteiger partial charge in [0.1, 0.15) is 6.04 Å². The smallest absolute Gasteiger partial charge is 0.322 e. The highest BCUT2D eigenvalue weighted by molar-refractivity contribution is 6.35. The van der Waals surface area contributed by atoms with Gasteiger partial charge in [0, 0.05) is 16.1 Å². The Morgan fingerprint density at radius 1 is 1.44 bits per heavy atom. The van der Waals surface area contributed by atoms with Gasteiger partial charge in [-0.1, -0.05) is 36.2 Å². The second-order valence-corrected chi connectivity index (χ2v) is 4.88. The molecule has 0 saturated heterocycles. The van der Waals surface area contributed by atoms with E-state index in [0.29, 0.717) is 16.5 Å². The summed E-state index contributed by atoms with van der Waals surface area (Å²) in [7, 11) is 1.38. The van der Waals surface area contributed by atoms with E-state index in [1.54, 1.807) is 12.1 Å². The number of esters is 1. The first-order valence-electron chi connectivity index (χ1n) is 5.78. The molecular formula is C13H17Cl2NO2. The van der Waals surface area contributed by atoms with Gasteiger partial charge >= 0.3 is 5.97 Å². The molecule has 0 spiro atoms. The maximum Gasteiger partial charge on any atom is 0.322 e. The third kappa shape index (κ3) is 3.87. The van der Waals surface area contributed by atoms with Gasteiger partial charge in [0.05, 0.1) is 7.11 Å². The van der Waals surface area contributed by atoms with Gasteiger partial charge in [-0.15, -0.1) is 0 Å². The molecule has 1 aromatic carbocycles. The van der Waals surface area contributed by atoms with Crippen LogP contribution < -0.4 is 5.32 Å². The number of carbonyl (C=O) groups is 1. The molecule has 0 fully saturated rings. The molecule has 5 heteroatoms. The van der Waals surface area contributed by atoms with Crippen LogP contribution in [0, 0.1) is 0 Å². The van der Waals surface area contributed by atoms with E-state index in [4.69, 9.17) is 27.9 Å². The quantitative estimate of drug-likeness (QED) is 0.842. The van der Waals surface area contributed by atoms with Crippen LogP contribution in [-0.2, 0) is 9.53 Å². The predicted octanol–water partition coefficient (Wildman–Crippen LogP) is 3.60. The lowest BCUT2D eigenvalue weighted by atomic mass is 10.1. The van der Waals surface area contributed by atoms with E-state index in [1.807, 2.05) is 19.9 Å². The van der Waals surface area contributed by atoms with E-state index in [2.05, 4.69) is 5.32 Å². The molecule has 2 atom stereocenters. The van der Waals surface area contributed by atoms with Gasteiger partial charge in [0.25, 0.3) is 0 Å². The van der Waals surface area contributed by atoms with E-state index in [-0.39, 0.29) is 18.1 Å². The molecule has 2 unspecified atom stereocenters. The second-order valence-electron chi connectivity index (χ2n) is 4.04. The van der Waals surface area contributed by atoms with E-state index in [0.717, 1.165) is 5.56 Å². The Morgan fingerprint density at radius 3 is 2.61 bits per heavy atom. The van der Waals surface area contributed by atoms with Crippen LogP contribution in [0.1, 0.15) is 31.9 Å². The highest BCUT2D eigenvalue weighted by atomic mass is 35.5. The minimum Gasteiger partial charge on any atom is -0.468 e. The summed E-state index contributed by atoms with van der Waals surface area (Å²) in [5.74, 6) is -0.269. The molecule has 1 aromatic rings. The van der Waals surface area contributed by atoms with E-state index < -0.39 is 0 Å². The summed E-state index contributed by atoms with van der Waals surface area (Å²) < 4.78 is 4.73. The van der Waals surface area contributed by atoms with E-state index in [1.165, 1.54) is 7.11 Å². The molecule has 0 radical (unpaired) electrons. The van der Waals surface area contributed by atoms with Gasteiger partial charge < -0.3 is 4.74 Å². The summed E-state index contributed by atoms with van der Waals surface area (Å²) >= 11 is 12.0. The number of methoxy groups -OCH3 is 1. The molecule has 0 aliphatic carbocycles. The summed E-state index contributed by atoms with van der Waals surface area (Å²) in [6, 6.07) is 4.93. The lowest BCUT2D eigenvalue weighted by molar-refractivity contribution is -0.143. The van der Waals surface area contributed by atoms with Gasteiger partial charge in [0.2, 0.25) is 0 Å². The maximum atomic E-state index is 11.5. The van der Waals surface area contributed by atoms with Crippen LogP contribution in [0.25, 0.3) is 0 Å². The summed E-state index contributed by atoms with van der Waals surface area (Å²) in [5, 5.41) is 4.37. The molecule has 0 bridgehead atoms. The number of benzene rings is 1. The summed E-state index contributed by atoms with van der Waals surface area (Å²) in [4.78, 5) is 11.5. The fourth-order valence-corrected chi connectivity index (χ4v) is 2.31. The predicted molar refractivity (Wildman–Crippen MR) is 74.1 cm³/mol. The molecule has 0 aliphatic rings. The van der Waals surface area contributed by atoms with Gasteiger partial charge in [-0.25, -0.2) is 0 Å². The highest BCUT2D eigenvalue weighted by Crippen LogP contribution is 2.26. The number of nitrogens with one attached hydrogen (secondary N) is 1. The van der Waals surface area contributed by atoms with Crippen LogP contribution >= 0.6 is 23.2 Å². The number of rotatable bonds is 5. The van der Waals surface area contributed by atoms with Crippen LogP contribution in [0.3, 0.4) is 0 Å². The lowest BCUT2D eigenvalue weighted by Crippen LogP contribution is -2.38. The van der Waals surface area contributed by atoms with Crippen molar-refractivity contribution in [3.63, 3.8) is 0 Å². The number of halogens is 2. The average molecular weight is 290 g/mol. The third-order valence-corrected chi connectivity index (χ3v) is 3.34. The van der Waals surface area contributed by atoms with Crippen molar-refractivity contribution in [2.45, 2.75) is 32.4 Å². The topological polar surface area (TPSA) is 38.3 Å². The first-order valence-corrected chi connectivity index (χ1v) is 6.54. The fraction of sp³-hybridized carbons (Fsp3) is 0.462. The van der Waals surface area contributed by atoms with Gasteiger partial charge in [-0.3, -0.25) is 10.1 Å². The Bertz CT molecular complexity index is 423. The summed E-state index contributed by atoms with van der Waals surface area (Å²) in [6.45, 7) is 3.87. The molecule has 18 heavy (non-hydrogen) atoms. The number of ether oxygens (including phenoxy) is 1. The van der Waals surface area contributed by atoms with Crippen LogP contribution in [0.4, 0.5) is 0 Å². The van der Waals surface area contributed by atoms with Crippen LogP contribution in [0.2, 0.25) is 10.0 Å². The van der Waals surface area contributed by atoms with Gasteiger partial charge in [-0.05, 0) is 31.0 Å². The normalized spacial score (nSPS) is 14.1. The number of hydrogen-bond acceptors (Lipinski definition) is 3. The molecule has 1 N–H and O–H groups in total. The van der Waals surface area contributed by atoms with Gasteiger partial charge in [-0.2, -0.15) is 0 Å².